The molecule has 0 unspecified atom stereocenters. The Hall–Kier alpha value is -3.32. The lowest BCUT2D eigenvalue weighted by Gasteiger charge is -2.42. The van der Waals surface area contributed by atoms with Gasteiger partial charge in [0.25, 0.3) is 5.91 Å². The summed E-state index contributed by atoms with van der Waals surface area (Å²) in [5, 5.41) is 1.04. The Labute approximate surface area is 193 Å². The van der Waals surface area contributed by atoms with Gasteiger partial charge in [0, 0.05) is 29.6 Å². The second-order valence-corrected chi connectivity index (χ2v) is 9.46. The minimum Gasteiger partial charge on any atom is -0.497 e. The highest BCUT2D eigenvalue weighted by Gasteiger charge is 2.59. The fraction of sp³-hybridized carbons (Fsp3) is 0.385. The maximum absolute atomic E-state index is 13.7. The number of hydrogen-bond donors (Lipinski definition) is 1. The first-order valence-electron chi connectivity index (χ1n) is 11.4. The maximum atomic E-state index is 13.7. The molecule has 33 heavy (non-hydrogen) atoms. The zero-order chi connectivity index (χ0) is 23.3. The summed E-state index contributed by atoms with van der Waals surface area (Å²) in [6, 6.07) is 15.3. The third-order valence-electron chi connectivity index (χ3n) is 6.98. The van der Waals surface area contributed by atoms with Crippen LogP contribution in [0.1, 0.15) is 36.2 Å². The molecular formula is C26H30N4O3. The minimum absolute atomic E-state index is 0.116. The number of nitrogens with zero attached hydrogens (tertiary/aromatic N) is 3. The van der Waals surface area contributed by atoms with Crippen molar-refractivity contribution in [3.05, 3.63) is 65.4 Å². The quantitative estimate of drug-likeness (QED) is 0.585. The zero-order valence-corrected chi connectivity index (χ0v) is 19.6. The number of carbonyl (C=O) groups is 2. The van der Waals surface area contributed by atoms with Crippen LogP contribution in [-0.2, 0) is 11.2 Å². The summed E-state index contributed by atoms with van der Waals surface area (Å²) in [6.45, 7) is 3.16. The second kappa shape index (κ2) is 7.92. The number of H-pyrrole nitrogens is 1. The second-order valence-electron chi connectivity index (χ2n) is 9.46. The van der Waals surface area contributed by atoms with E-state index in [4.69, 9.17) is 4.74 Å². The average Bonchev–Trinajstić information content (AvgIpc) is 3.25. The number of carbonyl (C=O) groups excluding carboxylic acids is 2. The Balaban J connectivity index is 1.65. The molecule has 7 heteroatoms. The molecule has 0 spiro atoms. The Morgan fingerprint density at radius 3 is 2.61 bits per heavy atom. The number of nitrogens with one attached hydrogen (secondary N) is 1. The van der Waals surface area contributed by atoms with Crippen molar-refractivity contribution in [1.29, 1.82) is 0 Å². The van der Waals surface area contributed by atoms with Crippen molar-refractivity contribution >= 4 is 22.8 Å². The van der Waals surface area contributed by atoms with Gasteiger partial charge in [-0.15, -0.1) is 0 Å². The first-order chi connectivity index (χ1) is 15.8. The number of amides is 3. The molecular weight excluding hydrogens is 416 g/mol. The van der Waals surface area contributed by atoms with Crippen LogP contribution >= 0.6 is 0 Å². The molecule has 0 saturated carbocycles. The van der Waals surface area contributed by atoms with Gasteiger partial charge in [-0.1, -0.05) is 30.3 Å². The topological polar surface area (TPSA) is 68.9 Å². The van der Waals surface area contributed by atoms with Crippen molar-refractivity contribution in [3.63, 3.8) is 0 Å². The van der Waals surface area contributed by atoms with Crippen LogP contribution in [0.15, 0.2) is 48.5 Å². The van der Waals surface area contributed by atoms with E-state index in [2.05, 4.69) is 9.88 Å². The summed E-state index contributed by atoms with van der Waals surface area (Å²) in [4.78, 5) is 36.3. The molecule has 0 aliphatic carbocycles. The van der Waals surface area contributed by atoms with Crippen molar-refractivity contribution in [2.75, 3.05) is 34.3 Å². The number of imide groups is 1. The molecule has 3 amide bonds. The summed E-state index contributed by atoms with van der Waals surface area (Å²) in [5.41, 5.74) is 3.07. The summed E-state index contributed by atoms with van der Waals surface area (Å²) < 4.78 is 5.47. The molecule has 3 heterocycles. The molecule has 2 atom stereocenters. The summed E-state index contributed by atoms with van der Waals surface area (Å²) >= 11 is 0. The summed E-state index contributed by atoms with van der Waals surface area (Å²) in [6.07, 6.45) is 1.21. The molecule has 1 N–H and O–H groups in total. The molecule has 1 fully saturated rings. The normalized spacial score (nSPS) is 22.3. The van der Waals surface area contributed by atoms with Crippen LogP contribution in [0, 0.1) is 0 Å². The monoisotopic (exact) mass is 446 g/mol. The van der Waals surface area contributed by atoms with E-state index < -0.39 is 5.54 Å². The van der Waals surface area contributed by atoms with Gasteiger partial charge in [0.2, 0.25) is 0 Å². The first kappa shape index (κ1) is 21.5. The van der Waals surface area contributed by atoms with E-state index in [1.54, 1.807) is 12.0 Å². The molecule has 2 aromatic carbocycles. The summed E-state index contributed by atoms with van der Waals surface area (Å²) in [7, 11) is 5.64. The third kappa shape index (κ3) is 3.30. The van der Waals surface area contributed by atoms with Crippen LogP contribution in [0.3, 0.4) is 0 Å². The van der Waals surface area contributed by atoms with Crippen molar-refractivity contribution in [3.8, 4) is 5.75 Å². The lowest BCUT2D eigenvalue weighted by molar-refractivity contribution is -0.133. The van der Waals surface area contributed by atoms with Gasteiger partial charge in [-0.05, 0) is 63.3 Å². The fourth-order valence-electron chi connectivity index (χ4n) is 5.34. The van der Waals surface area contributed by atoms with E-state index in [0.29, 0.717) is 13.0 Å². The molecule has 7 nitrogen and oxygen atoms in total. The molecule has 1 aromatic heterocycles. The van der Waals surface area contributed by atoms with E-state index in [0.717, 1.165) is 46.4 Å². The van der Waals surface area contributed by atoms with Gasteiger partial charge in [0.15, 0.2) is 0 Å². The smallest absolute Gasteiger partial charge is 0.328 e. The lowest BCUT2D eigenvalue weighted by atomic mass is 9.81. The molecule has 0 radical (unpaired) electrons. The van der Waals surface area contributed by atoms with Crippen LogP contribution in [0.5, 0.6) is 5.75 Å². The number of benzene rings is 2. The van der Waals surface area contributed by atoms with Crippen molar-refractivity contribution in [2.45, 2.75) is 31.3 Å². The molecule has 2 aliphatic heterocycles. The maximum Gasteiger partial charge on any atom is 0.328 e. The van der Waals surface area contributed by atoms with Crippen molar-refractivity contribution in [1.82, 2.24) is 19.7 Å². The molecule has 172 valence electrons. The van der Waals surface area contributed by atoms with Crippen LogP contribution in [-0.4, -0.2) is 71.5 Å². The average molecular weight is 447 g/mol. The highest BCUT2D eigenvalue weighted by Crippen LogP contribution is 2.48. The zero-order valence-electron chi connectivity index (χ0n) is 19.6. The Kier molecular flexibility index (Phi) is 5.16. The predicted molar refractivity (Wildman–Crippen MR) is 127 cm³/mol. The third-order valence-corrected chi connectivity index (χ3v) is 6.98. The molecule has 1 saturated heterocycles. The molecule has 5 rings (SSSR count). The van der Waals surface area contributed by atoms with E-state index in [9.17, 15) is 9.59 Å². The van der Waals surface area contributed by atoms with E-state index in [-0.39, 0.29) is 18.0 Å². The fourth-order valence-corrected chi connectivity index (χ4v) is 5.34. The molecule has 0 bridgehead atoms. The van der Waals surface area contributed by atoms with Crippen LogP contribution in [0.4, 0.5) is 4.79 Å². The lowest BCUT2D eigenvalue weighted by Crippen LogP contribution is -2.53. The van der Waals surface area contributed by atoms with Gasteiger partial charge in [-0.3, -0.25) is 14.6 Å². The van der Waals surface area contributed by atoms with E-state index >= 15 is 0 Å². The Morgan fingerprint density at radius 1 is 1.15 bits per heavy atom. The number of methoxy groups -OCH3 is 1. The summed E-state index contributed by atoms with van der Waals surface area (Å²) in [5.74, 6) is 0.655. The number of hydrogen-bond acceptors (Lipinski definition) is 4. The van der Waals surface area contributed by atoms with Gasteiger partial charge >= 0.3 is 6.03 Å². The highest BCUT2D eigenvalue weighted by molar-refractivity contribution is 6.08. The van der Waals surface area contributed by atoms with Crippen LogP contribution < -0.4 is 4.74 Å². The number of aromatic nitrogens is 1. The van der Waals surface area contributed by atoms with Gasteiger partial charge < -0.3 is 14.6 Å². The Bertz CT molecular complexity index is 1220. The van der Waals surface area contributed by atoms with Gasteiger partial charge in [-0.25, -0.2) is 4.79 Å². The minimum atomic E-state index is -0.944. The van der Waals surface area contributed by atoms with Crippen molar-refractivity contribution < 1.29 is 14.3 Å². The number of rotatable bonds is 6. The van der Waals surface area contributed by atoms with Crippen molar-refractivity contribution in [2.24, 2.45) is 0 Å². The highest BCUT2D eigenvalue weighted by atomic mass is 16.5. The standard InChI is InChI=1S/C26H30N4O3/c1-26-16-20-19-15-18(33-4)11-12-21(19)27-22(20)23(17-9-6-5-7-10-17)30(26)25(32)29(24(26)31)14-8-13-28(2)3/h5-7,9-12,15,23,27H,8,13-14,16H2,1-4H3/t23-,26+/m1/s1. The SMILES string of the molecule is COc1ccc2[nH]c3c(c2c1)C[C@@]1(C)C(=O)N(CCCN(C)C)C(=O)N1[C@@H]3c1ccccc1. The largest absolute Gasteiger partial charge is 0.497 e. The van der Waals surface area contributed by atoms with Gasteiger partial charge in [0.05, 0.1) is 7.11 Å². The predicted octanol–water partition coefficient (Wildman–Crippen LogP) is 3.80. The van der Waals surface area contributed by atoms with Crippen LogP contribution in [0.2, 0.25) is 0 Å². The van der Waals surface area contributed by atoms with Gasteiger partial charge in [0.1, 0.15) is 17.3 Å². The van der Waals surface area contributed by atoms with E-state index in [1.807, 2.05) is 69.6 Å². The van der Waals surface area contributed by atoms with Gasteiger partial charge in [-0.2, -0.15) is 0 Å². The molecule has 3 aromatic rings. The molecule has 2 aliphatic rings. The number of urea groups is 1. The Morgan fingerprint density at radius 2 is 1.91 bits per heavy atom. The first-order valence-corrected chi connectivity index (χ1v) is 11.4. The number of aromatic amines is 1. The van der Waals surface area contributed by atoms with Crippen LogP contribution in [0.25, 0.3) is 10.9 Å². The number of fused-ring (bicyclic) bond motifs is 4. The van der Waals surface area contributed by atoms with E-state index in [1.165, 1.54) is 4.90 Å². The number of ether oxygens (including phenoxy) is 1.